The van der Waals surface area contributed by atoms with Crippen LogP contribution in [0, 0.1) is 5.41 Å². The first-order chi connectivity index (χ1) is 10.6. The highest BCUT2D eigenvalue weighted by molar-refractivity contribution is 7.99. The Morgan fingerprint density at radius 2 is 1.96 bits per heavy atom. The van der Waals surface area contributed by atoms with Gasteiger partial charge in [-0.3, -0.25) is 4.79 Å². The topological polar surface area (TPSA) is 50.4 Å². The number of halogens is 1. The molecule has 6 heteroatoms. The zero-order chi connectivity index (χ0) is 15.8. The smallest absolute Gasteiger partial charge is 0.220 e. The van der Waals surface area contributed by atoms with Crippen LogP contribution in [0.5, 0.6) is 5.75 Å². The minimum absolute atomic E-state index is 0. The number of carbonyl (C=O) groups excluding carboxylic acids is 1. The van der Waals surface area contributed by atoms with Gasteiger partial charge in [0.1, 0.15) is 5.75 Å². The summed E-state index contributed by atoms with van der Waals surface area (Å²) in [6.07, 6.45) is 2.83. The Bertz CT molecular complexity index is 476. The molecule has 23 heavy (non-hydrogen) atoms. The lowest BCUT2D eigenvalue weighted by Crippen LogP contribution is -2.42. The van der Waals surface area contributed by atoms with Gasteiger partial charge < -0.3 is 15.4 Å². The van der Waals surface area contributed by atoms with Gasteiger partial charge in [0.2, 0.25) is 5.91 Å². The normalized spacial score (nSPS) is 16.3. The minimum Gasteiger partial charge on any atom is -0.497 e. The summed E-state index contributed by atoms with van der Waals surface area (Å²) in [5.41, 5.74) is 0.254. The Kier molecular flexibility index (Phi) is 8.81. The lowest BCUT2D eigenvalue weighted by Gasteiger charge is -2.34. The predicted molar refractivity (Wildman–Crippen MR) is 98.8 cm³/mol. The summed E-state index contributed by atoms with van der Waals surface area (Å²) in [6, 6.07) is 7.94. The number of ether oxygens (including phenoxy) is 1. The number of nitrogens with one attached hydrogen (secondary N) is 2. The summed E-state index contributed by atoms with van der Waals surface area (Å²) in [4.78, 5) is 13.1. The summed E-state index contributed by atoms with van der Waals surface area (Å²) < 4.78 is 5.13. The highest BCUT2D eigenvalue weighted by Gasteiger charge is 2.26. The van der Waals surface area contributed by atoms with E-state index in [1.54, 1.807) is 18.9 Å². The number of benzene rings is 1. The van der Waals surface area contributed by atoms with Crippen LogP contribution in [0.15, 0.2) is 29.2 Å². The Labute approximate surface area is 149 Å². The number of amides is 1. The van der Waals surface area contributed by atoms with Gasteiger partial charge in [-0.1, -0.05) is 6.92 Å². The standard InChI is InChI=1S/C17H26N2O2S.ClH/c1-17(8-10-18-11-9-17)13-19-16(20)7-12-22-15-5-3-14(21-2)4-6-15;/h3-6,18H,7-13H2,1-2H3,(H,19,20);1H. The van der Waals surface area contributed by atoms with Crippen molar-refractivity contribution in [3.8, 4) is 5.75 Å². The van der Waals surface area contributed by atoms with Gasteiger partial charge in [-0.05, 0) is 55.6 Å². The van der Waals surface area contributed by atoms with Crippen molar-refractivity contribution < 1.29 is 9.53 Å². The molecule has 1 fully saturated rings. The molecular weight excluding hydrogens is 332 g/mol. The van der Waals surface area contributed by atoms with Crippen LogP contribution in [0.25, 0.3) is 0 Å². The van der Waals surface area contributed by atoms with Crippen LogP contribution in [-0.2, 0) is 4.79 Å². The summed E-state index contributed by atoms with van der Waals surface area (Å²) in [7, 11) is 1.66. The number of hydrogen-bond acceptors (Lipinski definition) is 4. The lowest BCUT2D eigenvalue weighted by atomic mass is 9.81. The van der Waals surface area contributed by atoms with Gasteiger partial charge in [0.05, 0.1) is 7.11 Å². The molecule has 4 nitrogen and oxygen atoms in total. The molecule has 2 rings (SSSR count). The molecule has 130 valence electrons. The van der Waals surface area contributed by atoms with E-state index in [1.807, 2.05) is 24.3 Å². The van der Waals surface area contributed by atoms with Crippen LogP contribution >= 0.6 is 24.2 Å². The highest BCUT2D eigenvalue weighted by atomic mass is 35.5. The van der Waals surface area contributed by atoms with Gasteiger partial charge in [-0.2, -0.15) is 0 Å². The van der Waals surface area contributed by atoms with E-state index in [-0.39, 0.29) is 23.7 Å². The van der Waals surface area contributed by atoms with Crippen LogP contribution in [0.3, 0.4) is 0 Å². The van der Waals surface area contributed by atoms with E-state index >= 15 is 0 Å². The Morgan fingerprint density at radius 3 is 2.57 bits per heavy atom. The molecule has 2 N–H and O–H groups in total. The average Bonchev–Trinajstić information content (AvgIpc) is 2.54. The number of piperidine rings is 1. The Hall–Kier alpha value is -0.910. The van der Waals surface area contributed by atoms with Crippen molar-refractivity contribution in [3.63, 3.8) is 0 Å². The third-order valence-corrected chi connectivity index (χ3v) is 5.19. The third-order valence-electron chi connectivity index (χ3n) is 4.18. The lowest BCUT2D eigenvalue weighted by molar-refractivity contribution is -0.121. The average molecular weight is 359 g/mol. The SMILES string of the molecule is COc1ccc(SCCC(=O)NCC2(C)CCNCC2)cc1.Cl. The fourth-order valence-electron chi connectivity index (χ4n) is 2.54. The molecule has 0 aromatic heterocycles. The summed E-state index contributed by atoms with van der Waals surface area (Å²) in [5, 5.41) is 6.46. The number of thioether (sulfide) groups is 1. The first-order valence-corrected chi connectivity index (χ1v) is 8.84. The quantitative estimate of drug-likeness (QED) is 0.735. The van der Waals surface area contributed by atoms with Crippen LogP contribution in [0.2, 0.25) is 0 Å². The molecule has 0 atom stereocenters. The van der Waals surface area contributed by atoms with Crippen molar-refractivity contribution in [1.82, 2.24) is 10.6 Å². The molecule has 1 aromatic rings. The van der Waals surface area contributed by atoms with Crippen LogP contribution in [-0.4, -0.2) is 38.4 Å². The van der Waals surface area contributed by atoms with Crippen molar-refractivity contribution >= 4 is 30.1 Å². The molecule has 1 aliphatic heterocycles. The second-order valence-electron chi connectivity index (χ2n) is 6.11. The Balaban J connectivity index is 0.00000264. The predicted octanol–water partition coefficient (Wildman–Crippen LogP) is 3.11. The van der Waals surface area contributed by atoms with Crippen LogP contribution in [0.1, 0.15) is 26.2 Å². The first-order valence-electron chi connectivity index (χ1n) is 7.86. The highest BCUT2D eigenvalue weighted by Crippen LogP contribution is 2.26. The van der Waals surface area contributed by atoms with E-state index in [2.05, 4.69) is 17.6 Å². The molecule has 1 aliphatic rings. The van der Waals surface area contributed by atoms with E-state index in [4.69, 9.17) is 4.74 Å². The van der Waals surface area contributed by atoms with Gasteiger partial charge >= 0.3 is 0 Å². The summed E-state index contributed by atoms with van der Waals surface area (Å²) in [6.45, 7) is 5.17. The molecule has 1 saturated heterocycles. The van der Waals surface area contributed by atoms with Crippen molar-refractivity contribution in [2.75, 3.05) is 32.5 Å². The fourth-order valence-corrected chi connectivity index (χ4v) is 3.39. The van der Waals surface area contributed by atoms with Gasteiger partial charge in [0.25, 0.3) is 0 Å². The van der Waals surface area contributed by atoms with E-state index in [0.29, 0.717) is 6.42 Å². The second-order valence-corrected chi connectivity index (χ2v) is 7.28. The van der Waals surface area contributed by atoms with Gasteiger partial charge in [-0.25, -0.2) is 0 Å². The third kappa shape index (κ3) is 7.02. The first kappa shape index (κ1) is 20.1. The van der Waals surface area contributed by atoms with Gasteiger partial charge in [-0.15, -0.1) is 24.2 Å². The molecule has 0 radical (unpaired) electrons. The molecule has 0 spiro atoms. The number of hydrogen-bond donors (Lipinski definition) is 2. The van der Waals surface area contributed by atoms with E-state index in [1.165, 1.54) is 4.90 Å². The summed E-state index contributed by atoms with van der Waals surface area (Å²) in [5.74, 6) is 1.81. The maximum absolute atomic E-state index is 12.0. The fraction of sp³-hybridized carbons (Fsp3) is 0.588. The van der Waals surface area contributed by atoms with E-state index in [9.17, 15) is 4.79 Å². The molecule has 0 unspecified atom stereocenters. The maximum Gasteiger partial charge on any atom is 0.220 e. The van der Waals surface area contributed by atoms with Crippen molar-refractivity contribution in [2.45, 2.75) is 31.1 Å². The second kappa shape index (κ2) is 10.1. The molecule has 0 bridgehead atoms. The Morgan fingerprint density at radius 1 is 1.30 bits per heavy atom. The minimum atomic E-state index is 0. The van der Waals surface area contributed by atoms with Crippen molar-refractivity contribution in [1.29, 1.82) is 0 Å². The largest absolute Gasteiger partial charge is 0.497 e. The molecule has 1 heterocycles. The number of carbonyl (C=O) groups is 1. The molecule has 0 saturated carbocycles. The van der Waals surface area contributed by atoms with Gasteiger partial charge in [0, 0.05) is 23.6 Å². The monoisotopic (exact) mass is 358 g/mol. The van der Waals surface area contributed by atoms with Crippen molar-refractivity contribution in [3.05, 3.63) is 24.3 Å². The molecule has 1 aromatic carbocycles. The number of rotatable bonds is 7. The molecule has 1 amide bonds. The zero-order valence-electron chi connectivity index (χ0n) is 13.9. The van der Waals surface area contributed by atoms with E-state index in [0.717, 1.165) is 44.0 Å². The number of methoxy groups -OCH3 is 1. The molecule has 0 aliphatic carbocycles. The van der Waals surface area contributed by atoms with Gasteiger partial charge in [0.15, 0.2) is 0 Å². The maximum atomic E-state index is 12.0. The zero-order valence-corrected chi connectivity index (χ0v) is 15.5. The van der Waals surface area contributed by atoms with Crippen LogP contribution in [0.4, 0.5) is 0 Å². The van der Waals surface area contributed by atoms with E-state index < -0.39 is 0 Å². The van der Waals surface area contributed by atoms with Crippen molar-refractivity contribution in [2.24, 2.45) is 5.41 Å². The summed E-state index contributed by atoms with van der Waals surface area (Å²) >= 11 is 1.70. The van der Waals surface area contributed by atoms with Crippen LogP contribution < -0.4 is 15.4 Å². The molecular formula is C17H27ClN2O2S.